The van der Waals surface area contributed by atoms with Crippen molar-refractivity contribution in [2.45, 2.75) is 26.4 Å². The Morgan fingerprint density at radius 1 is 1.15 bits per heavy atom. The van der Waals surface area contributed by atoms with Crippen LogP contribution < -0.4 is 4.74 Å². The van der Waals surface area contributed by atoms with Crippen LogP contribution >= 0.6 is 11.6 Å². The van der Waals surface area contributed by atoms with Gasteiger partial charge in [0.15, 0.2) is 5.78 Å². The van der Waals surface area contributed by atoms with Crippen molar-refractivity contribution in [2.75, 3.05) is 0 Å². The SMILES string of the molecule is CC(C)Oc1cccc(C(=O)Cc2ccc(Cl)cc2)c1. The van der Waals surface area contributed by atoms with Crippen molar-refractivity contribution >= 4 is 17.4 Å². The Hall–Kier alpha value is -1.80. The third kappa shape index (κ3) is 4.10. The van der Waals surface area contributed by atoms with E-state index in [0.29, 0.717) is 17.0 Å². The summed E-state index contributed by atoms with van der Waals surface area (Å²) in [6.45, 7) is 3.92. The maximum atomic E-state index is 12.2. The van der Waals surface area contributed by atoms with E-state index >= 15 is 0 Å². The number of ether oxygens (including phenoxy) is 1. The lowest BCUT2D eigenvalue weighted by molar-refractivity contribution is 0.0992. The topological polar surface area (TPSA) is 26.3 Å². The van der Waals surface area contributed by atoms with E-state index < -0.39 is 0 Å². The first-order chi connectivity index (χ1) is 9.54. The van der Waals surface area contributed by atoms with Crippen LogP contribution in [0.4, 0.5) is 0 Å². The van der Waals surface area contributed by atoms with Gasteiger partial charge in [-0.3, -0.25) is 4.79 Å². The molecule has 104 valence electrons. The molecule has 20 heavy (non-hydrogen) atoms. The minimum absolute atomic E-state index is 0.0709. The zero-order chi connectivity index (χ0) is 14.5. The van der Waals surface area contributed by atoms with Crippen LogP contribution in [0.15, 0.2) is 48.5 Å². The third-order valence-corrected chi connectivity index (χ3v) is 3.06. The second kappa shape index (κ2) is 6.58. The molecule has 2 aromatic carbocycles. The maximum absolute atomic E-state index is 12.2. The van der Waals surface area contributed by atoms with Gasteiger partial charge in [0.25, 0.3) is 0 Å². The summed E-state index contributed by atoms with van der Waals surface area (Å²) in [4.78, 5) is 12.2. The fraction of sp³-hybridized carbons (Fsp3) is 0.235. The first kappa shape index (κ1) is 14.6. The first-order valence-electron chi connectivity index (χ1n) is 6.59. The van der Waals surface area contributed by atoms with Gasteiger partial charge in [-0.1, -0.05) is 35.9 Å². The molecule has 0 N–H and O–H groups in total. The van der Waals surface area contributed by atoms with Crippen LogP contribution in [0, 0.1) is 0 Å². The van der Waals surface area contributed by atoms with Gasteiger partial charge in [-0.25, -0.2) is 0 Å². The fourth-order valence-electron chi connectivity index (χ4n) is 1.90. The van der Waals surface area contributed by atoms with E-state index in [2.05, 4.69) is 0 Å². The van der Waals surface area contributed by atoms with Crippen molar-refractivity contribution in [1.29, 1.82) is 0 Å². The summed E-state index contributed by atoms with van der Waals surface area (Å²) in [7, 11) is 0. The first-order valence-corrected chi connectivity index (χ1v) is 6.97. The quantitative estimate of drug-likeness (QED) is 0.754. The van der Waals surface area contributed by atoms with Gasteiger partial charge < -0.3 is 4.74 Å². The molecule has 0 amide bonds. The number of hydrogen-bond acceptors (Lipinski definition) is 2. The second-order valence-electron chi connectivity index (χ2n) is 4.92. The highest BCUT2D eigenvalue weighted by atomic mass is 35.5. The molecule has 0 radical (unpaired) electrons. The molecular weight excluding hydrogens is 272 g/mol. The molecule has 0 fully saturated rings. The smallest absolute Gasteiger partial charge is 0.167 e. The standard InChI is InChI=1S/C17H17ClO2/c1-12(2)20-16-5-3-4-14(11-16)17(19)10-13-6-8-15(18)9-7-13/h3-9,11-12H,10H2,1-2H3. The van der Waals surface area contributed by atoms with Crippen molar-refractivity contribution in [3.8, 4) is 5.75 Å². The highest BCUT2D eigenvalue weighted by Crippen LogP contribution is 2.17. The number of carbonyl (C=O) groups is 1. The van der Waals surface area contributed by atoms with E-state index in [1.54, 1.807) is 18.2 Å². The molecule has 0 unspecified atom stereocenters. The van der Waals surface area contributed by atoms with E-state index in [1.807, 2.05) is 44.2 Å². The Morgan fingerprint density at radius 2 is 1.85 bits per heavy atom. The van der Waals surface area contributed by atoms with Crippen LogP contribution in [0.3, 0.4) is 0 Å². The molecular formula is C17H17ClO2. The van der Waals surface area contributed by atoms with Crippen molar-refractivity contribution in [3.63, 3.8) is 0 Å². The van der Waals surface area contributed by atoms with Gasteiger partial charge in [0.1, 0.15) is 5.75 Å². The van der Waals surface area contributed by atoms with Gasteiger partial charge in [-0.15, -0.1) is 0 Å². The molecule has 0 atom stereocenters. The predicted molar refractivity (Wildman–Crippen MR) is 81.7 cm³/mol. The molecule has 0 bridgehead atoms. The van der Waals surface area contributed by atoms with Crippen molar-refractivity contribution in [3.05, 3.63) is 64.7 Å². The number of halogens is 1. The maximum Gasteiger partial charge on any atom is 0.167 e. The highest BCUT2D eigenvalue weighted by Gasteiger charge is 2.09. The summed E-state index contributed by atoms with van der Waals surface area (Å²) in [5.41, 5.74) is 1.62. The Morgan fingerprint density at radius 3 is 2.50 bits per heavy atom. The summed E-state index contributed by atoms with van der Waals surface area (Å²) in [6, 6.07) is 14.6. The summed E-state index contributed by atoms with van der Waals surface area (Å²) in [5.74, 6) is 0.795. The van der Waals surface area contributed by atoms with Crippen molar-refractivity contribution in [1.82, 2.24) is 0 Å². The largest absolute Gasteiger partial charge is 0.491 e. The fourth-order valence-corrected chi connectivity index (χ4v) is 2.03. The zero-order valence-corrected chi connectivity index (χ0v) is 12.4. The van der Waals surface area contributed by atoms with Crippen LogP contribution in [0.2, 0.25) is 5.02 Å². The van der Waals surface area contributed by atoms with Gasteiger partial charge in [0.05, 0.1) is 6.10 Å². The van der Waals surface area contributed by atoms with Gasteiger partial charge in [0.2, 0.25) is 0 Å². The minimum Gasteiger partial charge on any atom is -0.491 e. The van der Waals surface area contributed by atoms with Crippen molar-refractivity contribution in [2.24, 2.45) is 0 Å². The van der Waals surface area contributed by atoms with Gasteiger partial charge in [-0.05, 0) is 43.7 Å². The van der Waals surface area contributed by atoms with Crippen LogP contribution in [0.1, 0.15) is 29.8 Å². The van der Waals surface area contributed by atoms with Gasteiger partial charge >= 0.3 is 0 Å². The van der Waals surface area contributed by atoms with E-state index in [0.717, 1.165) is 11.3 Å². The molecule has 0 aliphatic rings. The number of carbonyl (C=O) groups excluding carboxylic acids is 1. The van der Waals surface area contributed by atoms with E-state index in [9.17, 15) is 4.79 Å². The van der Waals surface area contributed by atoms with Crippen LogP contribution in [0.25, 0.3) is 0 Å². The lowest BCUT2D eigenvalue weighted by Gasteiger charge is -2.10. The zero-order valence-electron chi connectivity index (χ0n) is 11.6. The molecule has 0 aromatic heterocycles. The molecule has 2 nitrogen and oxygen atoms in total. The molecule has 0 saturated carbocycles. The Balaban J connectivity index is 2.10. The molecule has 0 heterocycles. The molecule has 2 aromatic rings. The molecule has 2 rings (SSSR count). The Kier molecular flexibility index (Phi) is 4.80. The Labute approximate surface area is 124 Å². The monoisotopic (exact) mass is 288 g/mol. The van der Waals surface area contributed by atoms with E-state index in [-0.39, 0.29) is 11.9 Å². The predicted octanol–water partition coefficient (Wildman–Crippen LogP) is 4.55. The lowest BCUT2D eigenvalue weighted by atomic mass is 10.0. The number of hydrogen-bond donors (Lipinski definition) is 0. The minimum atomic E-state index is 0.0709. The average molecular weight is 289 g/mol. The van der Waals surface area contributed by atoms with Crippen molar-refractivity contribution < 1.29 is 9.53 Å². The van der Waals surface area contributed by atoms with Crippen LogP contribution in [-0.2, 0) is 6.42 Å². The molecule has 3 heteroatoms. The molecule has 0 spiro atoms. The summed E-state index contributed by atoms with van der Waals surface area (Å²) < 4.78 is 5.60. The number of rotatable bonds is 5. The number of Topliss-reactive ketones (excluding diaryl/α,β-unsaturated/α-hetero) is 1. The Bertz CT molecular complexity index is 588. The molecule has 0 saturated heterocycles. The number of ketones is 1. The molecule has 0 aliphatic carbocycles. The van der Waals surface area contributed by atoms with Gasteiger partial charge in [0, 0.05) is 17.0 Å². The molecule has 0 aliphatic heterocycles. The normalized spacial score (nSPS) is 10.6. The highest BCUT2D eigenvalue weighted by molar-refractivity contribution is 6.30. The summed E-state index contributed by atoms with van der Waals surface area (Å²) >= 11 is 5.83. The lowest BCUT2D eigenvalue weighted by Crippen LogP contribution is -2.07. The van der Waals surface area contributed by atoms with Gasteiger partial charge in [-0.2, -0.15) is 0 Å². The van der Waals surface area contributed by atoms with Crippen LogP contribution in [-0.4, -0.2) is 11.9 Å². The van der Waals surface area contributed by atoms with Crippen LogP contribution in [0.5, 0.6) is 5.75 Å². The van der Waals surface area contributed by atoms with E-state index in [1.165, 1.54) is 0 Å². The second-order valence-corrected chi connectivity index (χ2v) is 5.36. The number of benzene rings is 2. The third-order valence-electron chi connectivity index (χ3n) is 2.81. The van der Waals surface area contributed by atoms with E-state index in [4.69, 9.17) is 16.3 Å². The summed E-state index contributed by atoms with van der Waals surface area (Å²) in [6.07, 6.45) is 0.457. The average Bonchev–Trinajstić information content (AvgIpc) is 2.41. The summed E-state index contributed by atoms with van der Waals surface area (Å²) in [5, 5.41) is 0.675.